The average Bonchev–Trinajstić information content (AvgIpc) is 2.84. The molecule has 0 saturated heterocycles. The number of ether oxygens (including phenoxy) is 3. The number of fused-ring (bicyclic) bond motifs is 1. The maximum absolute atomic E-state index is 12.7. The molecule has 1 aliphatic carbocycles. The number of hydrogen-bond donors (Lipinski definition) is 2. The molecule has 1 heterocycles. The summed E-state index contributed by atoms with van der Waals surface area (Å²) in [6, 6.07) is 10.3. The van der Waals surface area contributed by atoms with Gasteiger partial charge in [0.05, 0.1) is 10.5 Å². The summed E-state index contributed by atoms with van der Waals surface area (Å²) >= 11 is 0. The van der Waals surface area contributed by atoms with Gasteiger partial charge in [-0.15, -0.1) is 0 Å². The van der Waals surface area contributed by atoms with E-state index in [2.05, 4.69) is 10.0 Å². The molecule has 2 aromatic carbocycles. The number of carbonyl (C=O) groups is 2. The van der Waals surface area contributed by atoms with Crippen molar-refractivity contribution in [3.8, 4) is 11.5 Å². The maximum Gasteiger partial charge on any atom is 0.338 e. The zero-order valence-corrected chi connectivity index (χ0v) is 20.3. The minimum Gasteiger partial charge on any atom is -0.486 e. The van der Waals surface area contributed by atoms with E-state index in [0.717, 1.165) is 25.7 Å². The zero-order chi connectivity index (χ0) is 24.7. The van der Waals surface area contributed by atoms with Crippen molar-refractivity contribution in [3.05, 3.63) is 48.0 Å². The Balaban J connectivity index is 1.29. The Hall–Kier alpha value is -3.27. The molecule has 0 bridgehead atoms. The van der Waals surface area contributed by atoms with Crippen molar-refractivity contribution in [2.24, 2.45) is 0 Å². The minimum absolute atomic E-state index is 0.0283. The van der Waals surface area contributed by atoms with Crippen LogP contribution in [0.15, 0.2) is 47.4 Å². The highest BCUT2D eigenvalue weighted by Gasteiger charge is 2.20. The molecule has 2 N–H and O–H groups in total. The van der Waals surface area contributed by atoms with Crippen LogP contribution >= 0.6 is 0 Å². The fraction of sp³-hybridized carbons (Fsp3) is 0.440. The van der Waals surface area contributed by atoms with E-state index in [4.69, 9.17) is 14.2 Å². The third-order valence-corrected chi connectivity index (χ3v) is 7.38. The predicted molar refractivity (Wildman–Crippen MR) is 129 cm³/mol. The van der Waals surface area contributed by atoms with Crippen LogP contribution in [0.25, 0.3) is 0 Å². The molecule has 1 amide bonds. The molecule has 0 spiro atoms. The highest BCUT2D eigenvalue weighted by Crippen LogP contribution is 2.32. The first-order valence-corrected chi connectivity index (χ1v) is 13.4. The molecule has 2 aliphatic rings. The van der Waals surface area contributed by atoms with Crippen LogP contribution in [0.1, 0.15) is 55.3 Å². The molecular weight excluding hydrogens is 472 g/mol. The fourth-order valence-corrected chi connectivity index (χ4v) is 5.24. The van der Waals surface area contributed by atoms with Crippen LogP contribution in [-0.4, -0.2) is 46.2 Å². The third kappa shape index (κ3) is 6.88. The molecular formula is C25H30N2O7S. The maximum atomic E-state index is 12.7. The molecule has 10 heteroatoms. The van der Waals surface area contributed by atoms with Crippen LogP contribution in [0, 0.1) is 0 Å². The number of anilines is 1. The van der Waals surface area contributed by atoms with Crippen LogP contribution in [0.3, 0.4) is 0 Å². The summed E-state index contributed by atoms with van der Waals surface area (Å²) < 4.78 is 44.0. The van der Waals surface area contributed by atoms with E-state index in [9.17, 15) is 18.0 Å². The second-order valence-corrected chi connectivity index (χ2v) is 10.4. The Morgan fingerprint density at radius 2 is 1.54 bits per heavy atom. The monoisotopic (exact) mass is 502 g/mol. The Morgan fingerprint density at radius 1 is 0.886 bits per heavy atom. The Bertz CT molecular complexity index is 1140. The first kappa shape index (κ1) is 24.8. The second-order valence-electron chi connectivity index (χ2n) is 8.67. The average molecular weight is 503 g/mol. The smallest absolute Gasteiger partial charge is 0.338 e. The van der Waals surface area contributed by atoms with Gasteiger partial charge in [-0.05, 0) is 49.2 Å². The lowest BCUT2D eigenvalue weighted by Crippen LogP contribution is -2.38. The van der Waals surface area contributed by atoms with Gasteiger partial charge in [0.2, 0.25) is 0 Å². The quantitative estimate of drug-likeness (QED) is 0.555. The first-order valence-electron chi connectivity index (χ1n) is 11.9. The summed E-state index contributed by atoms with van der Waals surface area (Å²) in [7, 11) is -3.88. The second kappa shape index (κ2) is 11.4. The lowest BCUT2D eigenvalue weighted by molar-refractivity contribution is -0.125. The Kier molecular flexibility index (Phi) is 8.12. The van der Waals surface area contributed by atoms with Crippen molar-refractivity contribution >= 4 is 27.6 Å². The lowest BCUT2D eigenvalue weighted by Gasteiger charge is -2.20. The van der Waals surface area contributed by atoms with E-state index in [-0.39, 0.29) is 34.7 Å². The van der Waals surface area contributed by atoms with Crippen molar-refractivity contribution in [1.82, 2.24) is 5.32 Å². The van der Waals surface area contributed by atoms with E-state index >= 15 is 0 Å². The molecule has 1 fully saturated rings. The zero-order valence-electron chi connectivity index (χ0n) is 19.5. The Labute approximate surface area is 205 Å². The third-order valence-electron chi connectivity index (χ3n) is 6.00. The molecule has 1 saturated carbocycles. The van der Waals surface area contributed by atoms with Crippen molar-refractivity contribution < 1.29 is 32.2 Å². The summed E-state index contributed by atoms with van der Waals surface area (Å²) in [5, 5.41) is 2.95. The van der Waals surface area contributed by atoms with Crippen LogP contribution in [0.4, 0.5) is 5.69 Å². The van der Waals surface area contributed by atoms with E-state index in [1.165, 1.54) is 55.7 Å². The van der Waals surface area contributed by atoms with Gasteiger partial charge >= 0.3 is 5.97 Å². The Morgan fingerprint density at radius 3 is 2.26 bits per heavy atom. The van der Waals surface area contributed by atoms with Crippen molar-refractivity contribution in [2.45, 2.75) is 55.9 Å². The number of hydrogen-bond acceptors (Lipinski definition) is 7. The lowest BCUT2D eigenvalue weighted by atomic mass is 9.97. The van der Waals surface area contributed by atoms with E-state index in [1.807, 2.05) is 0 Å². The molecule has 4 rings (SSSR count). The molecule has 2 aromatic rings. The highest BCUT2D eigenvalue weighted by atomic mass is 32.2. The van der Waals surface area contributed by atoms with Crippen molar-refractivity contribution in [3.63, 3.8) is 0 Å². The van der Waals surface area contributed by atoms with Gasteiger partial charge < -0.3 is 19.5 Å². The molecule has 0 atom stereocenters. The summed E-state index contributed by atoms with van der Waals surface area (Å²) in [4.78, 5) is 24.6. The summed E-state index contributed by atoms with van der Waals surface area (Å²) in [6.07, 6.45) is 7.70. The normalized spacial score (nSPS) is 16.5. The standard InChI is InChI=1S/C25H30N2O7S/c28-24(26-19-6-4-2-1-3-5-7-19)17-34-25(29)18-8-10-20(11-9-18)27-35(30,31)21-12-13-22-23(16-21)33-15-14-32-22/h8-13,16,19,27H,1-7,14-15,17H2,(H,26,28). The molecule has 9 nitrogen and oxygen atoms in total. The molecule has 1 aliphatic heterocycles. The summed E-state index contributed by atoms with van der Waals surface area (Å²) in [5.41, 5.74) is 0.490. The largest absolute Gasteiger partial charge is 0.486 e. The minimum atomic E-state index is -3.88. The van der Waals surface area contributed by atoms with Crippen molar-refractivity contribution in [1.29, 1.82) is 0 Å². The topological polar surface area (TPSA) is 120 Å². The number of nitrogens with one attached hydrogen (secondary N) is 2. The molecule has 0 aromatic heterocycles. The predicted octanol–water partition coefficient (Wildman–Crippen LogP) is 3.64. The molecule has 0 radical (unpaired) electrons. The van der Waals surface area contributed by atoms with Gasteiger partial charge in [-0.25, -0.2) is 13.2 Å². The van der Waals surface area contributed by atoms with Gasteiger partial charge in [0.15, 0.2) is 18.1 Å². The van der Waals surface area contributed by atoms with Gasteiger partial charge in [-0.2, -0.15) is 0 Å². The van der Waals surface area contributed by atoms with Gasteiger partial charge in [-0.3, -0.25) is 9.52 Å². The van der Waals surface area contributed by atoms with Crippen LogP contribution in [0.5, 0.6) is 11.5 Å². The fourth-order valence-electron chi connectivity index (χ4n) is 4.16. The highest BCUT2D eigenvalue weighted by molar-refractivity contribution is 7.92. The summed E-state index contributed by atoms with van der Waals surface area (Å²) in [5.74, 6) is -0.0981. The number of amides is 1. The first-order chi connectivity index (χ1) is 16.9. The number of esters is 1. The molecule has 35 heavy (non-hydrogen) atoms. The number of benzene rings is 2. The molecule has 188 valence electrons. The van der Waals surface area contributed by atoms with E-state index < -0.39 is 16.0 Å². The van der Waals surface area contributed by atoms with E-state index in [0.29, 0.717) is 24.7 Å². The van der Waals surface area contributed by atoms with Gasteiger partial charge in [0, 0.05) is 17.8 Å². The number of carbonyl (C=O) groups excluding carboxylic acids is 2. The van der Waals surface area contributed by atoms with Crippen LogP contribution in [-0.2, 0) is 19.6 Å². The number of rotatable bonds is 7. The summed E-state index contributed by atoms with van der Waals surface area (Å²) in [6.45, 7) is 0.412. The molecule has 0 unspecified atom stereocenters. The van der Waals surface area contributed by atoms with Gasteiger partial charge in [-0.1, -0.05) is 32.1 Å². The SMILES string of the molecule is O=C(COC(=O)c1ccc(NS(=O)(=O)c2ccc3c(c2)OCCO3)cc1)NC1CCCCCCC1. The van der Waals surface area contributed by atoms with Crippen molar-refractivity contribution in [2.75, 3.05) is 24.5 Å². The van der Waals surface area contributed by atoms with E-state index in [1.54, 1.807) is 6.07 Å². The van der Waals surface area contributed by atoms with Crippen LogP contribution < -0.4 is 19.5 Å². The van der Waals surface area contributed by atoms with Gasteiger partial charge in [0.1, 0.15) is 13.2 Å². The van der Waals surface area contributed by atoms with Gasteiger partial charge in [0.25, 0.3) is 15.9 Å². The van der Waals surface area contributed by atoms with Crippen LogP contribution in [0.2, 0.25) is 0 Å². The number of sulfonamides is 1.